The van der Waals surface area contributed by atoms with E-state index >= 15 is 0 Å². The van der Waals surface area contributed by atoms with Crippen LogP contribution < -0.4 is 0 Å². The molecule has 0 bridgehead atoms. The smallest absolute Gasteiger partial charge is 0.232 e. The first-order valence-electron chi connectivity index (χ1n) is 7.90. The SMILES string of the molecule is CC(c1ccccc1)N1CC(c2nc(C3CC3)no2)CC1=O. The van der Waals surface area contributed by atoms with E-state index in [0.717, 1.165) is 24.2 Å². The Morgan fingerprint density at radius 2 is 2.00 bits per heavy atom. The molecule has 1 aliphatic heterocycles. The molecular formula is C17H19N3O2. The molecule has 1 saturated carbocycles. The number of amides is 1. The van der Waals surface area contributed by atoms with Gasteiger partial charge in [-0.05, 0) is 25.3 Å². The molecule has 2 fully saturated rings. The molecule has 2 atom stereocenters. The van der Waals surface area contributed by atoms with Crippen molar-refractivity contribution in [3.8, 4) is 0 Å². The molecule has 1 aromatic carbocycles. The Hall–Kier alpha value is -2.17. The molecule has 1 aromatic heterocycles. The Morgan fingerprint density at radius 3 is 2.73 bits per heavy atom. The minimum atomic E-state index is 0.0265. The highest BCUT2D eigenvalue weighted by atomic mass is 16.5. The van der Waals surface area contributed by atoms with Crippen LogP contribution in [0.4, 0.5) is 0 Å². The molecule has 0 spiro atoms. The molecule has 5 heteroatoms. The zero-order chi connectivity index (χ0) is 15.1. The monoisotopic (exact) mass is 297 g/mol. The number of nitrogens with zero attached hydrogens (tertiary/aromatic N) is 3. The summed E-state index contributed by atoms with van der Waals surface area (Å²) < 4.78 is 5.39. The largest absolute Gasteiger partial charge is 0.339 e. The second-order valence-electron chi connectivity index (χ2n) is 6.30. The van der Waals surface area contributed by atoms with Gasteiger partial charge in [-0.3, -0.25) is 4.79 Å². The van der Waals surface area contributed by atoms with Crippen molar-refractivity contribution in [2.24, 2.45) is 0 Å². The molecule has 2 aliphatic rings. The average molecular weight is 297 g/mol. The second-order valence-corrected chi connectivity index (χ2v) is 6.30. The zero-order valence-electron chi connectivity index (χ0n) is 12.6. The van der Waals surface area contributed by atoms with Gasteiger partial charge in [0.1, 0.15) is 0 Å². The standard InChI is InChI=1S/C17H19N3O2/c1-11(12-5-3-2-4-6-12)20-10-14(9-15(20)21)17-18-16(19-22-17)13-7-8-13/h2-6,11,13-14H,7-10H2,1H3. The van der Waals surface area contributed by atoms with Crippen molar-refractivity contribution in [2.45, 2.75) is 44.1 Å². The van der Waals surface area contributed by atoms with Crippen LogP contribution in [0.3, 0.4) is 0 Å². The fourth-order valence-electron chi connectivity index (χ4n) is 3.10. The number of carbonyl (C=O) groups is 1. The summed E-state index contributed by atoms with van der Waals surface area (Å²) in [5.41, 5.74) is 1.15. The molecule has 114 valence electrons. The van der Waals surface area contributed by atoms with Gasteiger partial charge < -0.3 is 9.42 Å². The predicted molar refractivity (Wildman–Crippen MR) is 80.2 cm³/mol. The van der Waals surface area contributed by atoms with Crippen LogP contribution in [-0.2, 0) is 4.79 Å². The Kier molecular flexibility index (Phi) is 3.21. The molecule has 0 radical (unpaired) electrons. The van der Waals surface area contributed by atoms with Crippen LogP contribution in [0.1, 0.15) is 61.3 Å². The second kappa shape index (κ2) is 5.23. The van der Waals surface area contributed by atoms with E-state index in [0.29, 0.717) is 24.8 Å². The molecule has 4 rings (SSSR count). The zero-order valence-corrected chi connectivity index (χ0v) is 12.6. The maximum absolute atomic E-state index is 12.4. The van der Waals surface area contributed by atoms with Crippen molar-refractivity contribution in [3.05, 3.63) is 47.6 Å². The molecule has 1 saturated heterocycles. The molecule has 5 nitrogen and oxygen atoms in total. The van der Waals surface area contributed by atoms with E-state index in [1.807, 2.05) is 23.1 Å². The van der Waals surface area contributed by atoms with Gasteiger partial charge in [-0.25, -0.2) is 0 Å². The maximum atomic E-state index is 12.4. The highest BCUT2D eigenvalue weighted by Gasteiger charge is 2.38. The molecule has 2 aromatic rings. The van der Waals surface area contributed by atoms with Crippen molar-refractivity contribution < 1.29 is 9.32 Å². The van der Waals surface area contributed by atoms with Crippen LogP contribution in [0.25, 0.3) is 0 Å². The summed E-state index contributed by atoms with van der Waals surface area (Å²) in [4.78, 5) is 18.8. The van der Waals surface area contributed by atoms with Gasteiger partial charge in [-0.1, -0.05) is 35.5 Å². The van der Waals surface area contributed by atoms with E-state index in [1.165, 1.54) is 0 Å². The molecule has 1 amide bonds. The first-order chi connectivity index (χ1) is 10.7. The fourth-order valence-corrected chi connectivity index (χ4v) is 3.10. The molecule has 1 aliphatic carbocycles. The third-order valence-electron chi connectivity index (χ3n) is 4.66. The lowest BCUT2D eigenvalue weighted by Crippen LogP contribution is -2.28. The molecular weight excluding hydrogens is 278 g/mol. The number of carbonyl (C=O) groups excluding carboxylic acids is 1. The summed E-state index contributed by atoms with van der Waals surface area (Å²) in [7, 11) is 0. The van der Waals surface area contributed by atoms with Crippen molar-refractivity contribution in [2.75, 3.05) is 6.54 Å². The van der Waals surface area contributed by atoms with Crippen LogP contribution in [-0.4, -0.2) is 27.5 Å². The van der Waals surface area contributed by atoms with Crippen LogP contribution in [0.5, 0.6) is 0 Å². The van der Waals surface area contributed by atoms with Gasteiger partial charge in [0.25, 0.3) is 0 Å². The first kappa shape index (κ1) is 13.5. The fraction of sp³-hybridized carbons (Fsp3) is 0.471. The summed E-state index contributed by atoms with van der Waals surface area (Å²) in [6.07, 6.45) is 2.77. The molecule has 2 heterocycles. The minimum Gasteiger partial charge on any atom is -0.339 e. The summed E-state index contributed by atoms with van der Waals surface area (Å²) in [6, 6.07) is 10.2. The number of rotatable bonds is 4. The summed E-state index contributed by atoms with van der Waals surface area (Å²) in [5.74, 6) is 2.11. The van der Waals surface area contributed by atoms with Crippen LogP contribution in [0, 0.1) is 0 Å². The van der Waals surface area contributed by atoms with E-state index in [4.69, 9.17) is 4.52 Å². The summed E-state index contributed by atoms with van der Waals surface area (Å²) >= 11 is 0. The normalized spacial score (nSPS) is 23.0. The van der Waals surface area contributed by atoms with E-state index in [-0.39, 0.29) is 17.9 Å². The lowest BCUT2D eigenvalue weighted by Gasteiger charge is -2.24. The van der Waals surface area contributed by atoms with Crippen LogP contribution in [0.15, 0.2) is 34.9 Å². The molecule has 2 unspecified atom stereocenters. The quantitative estimate of drug-likeness (QED) is 0.870. The van der Waals surface area contributed by atoms with Gasteiger partial charge in [0.15, 0.2) is 5.82 Å². The van der Waals surface area contributed by atoms with Gasteiger partial charge >= 0.3 is 0 Å². The molecule has 22 heavy (non-hydrogen) atoms. The van der Waals surface area contributed by atoms with Gasteiger partial charge in [-0.15, -0.1) is 0 Å². The Morgan fingerprint density at radius 1 is 1.23 bits per heavy atom. The highest BCUT2D eigenvalue weighted by molar-refractivity contribution is 5.80. The molecule has 0 N–H and O–H groups in total. The van der Waals surface area contributed by atoms with E-state index < -0.39 is 0 Å². The predicted octanol–water partition coefficient (Wildman–Crippen LogP) is 3.02. The van der Waals surface area contributed by atoms with Crippen molar-refractivity contribution in [1.29, 1.82) is 0 Å². The number of aromatic nitrogens is 2. The Balaban J connectivity index is 1.50. The van der Waals surface area contributed by atoms with E-state index in [2.05, 4.69) is 29.2 Å². The maximum Gasteiger partial charge on any atom is 0.232 e. The summed E-state index contributed by atoms with van der Waals surface area (Å²) in [5, 5.41) is 4.06. The third-order valence-corrected chi connectivity index (χ3v) is 4.66. The highest BCUT2D eigenvalue weighted by Crippen LogP contribution is 2.39. The lowest BCUT2D eigenvalue weighted by atomic mass is 10.1. The van der Waals surface area contributed by atoms with E-state index in [9.17, 15) is 4.79 Å². The van der Waals surface area contributed by atoms with Crippen LogP contribution in [0.2, 0.25) is 0 Å². The minimum absolute atomic E-state index is 0.0265. The Bertz CT molecular complexity index is 678. The van der Waals surface area contributed by atoms with Gasteiger partial charge in [0.2, 0.25) is 11.8 Å². The van der Waals surface area contributed by atoms with Crippen molar-refractivity contribution in [1.82, 2.24) is 15.0 Å². The van der Waals surface area contributed by atoms with Crippen LogP contribution >= 0.6 is 0 Å². The van der Waals surface area contributed by atoms with Gasteiger partial charge in [-0.2, -0.15) is 4.98 Å². The number of benzene rings is 1. The van der Waals surface area contributed by atoms with Gasteiger partial charge in [0, 0.05) is 18.9 Å². The average Bonchev–Trinajstić information content (AvgIpc) is 3.15. The Labute approximate surface area is 129 Å². The first-order valence-corrected chi connectivity index (χ1v) is 7.90. The lowest BCUT2D eigenvalue weighted by molar-refractivity contribution is -0.129. The number of hydrogen-bond acceptors (Lipinski definition) is 4. The van der Waals surface area contributed by atoms with Crippen molar-refractivity contribution in [3.63, 3.8) is 0 Å². The number of likely N-dealkylation sites (tertiary alicyclic amines) is 1. The number of hydrogen-bond donors (Lipinski definition) is 0. The van der Waals surface area contributed by atoms with E-state index in [1.54, 1.807) is 0 Å². The van der Waals surface area contributed by atoms with Gasteiger partial charge in [0.05, 0.1) is 12.0 Å². The third kappa shape index (κ3) is 2.40. The van der Waals surface area contributed by atoms with Crippen molar-refractivity contribution >= 4 is 5.91 Å². The topological polar surface area (TPSA) is 59.2 Å². The summed E-state index contributed by atoms with van der Waals surface area (Å²) in [6.45, 7) is 2.72.